The Kier molecular flexibility index (Phi) is 4.26. The molecule has 0 bridgehead atoms. The second kappa shape index (κ2) is 6.31. The lowest BCUT2D eigenvalue weighted by molar-refractivity contribution is 0.411. The molecule has 3 rings (SSSR count). The maximum absolute atomic E-state index is 9.41. The highest BCUT2D eigenvalue weighted by Gasteiger charge is 2.26. The van der Waals surface area contributed by atoms with Gasteiger partial charge in [0, 0.05) is 6.04 Å². The first kappa shape index (κ1) is 14.2. The largest absolute Gasteiger partial charge is 0.508 e. The first-order chi connectivity index (χ1) is 10.3. The standard InChI is InChI=1S/C19H23NO/c1-20-19(13-14-9-11-16(21)12-10-14)18-8-4-6-15-5-2-3-7-17(15)18/h2-3,5,7,9-12,18-21H,4,6,8,13H2,1H3. The summed E-state index contributed by atoms with van der Waals surface area (Å²) in [6.45, 7) is 0. The predicted molar refractivity (Wildman–Crippen MR) is 86.8 cm³/mol. The van der Waals surface area contributed by atoms with Crippen molar-refractivity contribution in [1.29, 1.82) is 0 Å². The van der Waals surface area contributed by atoms with E-state index in [9.17, 15) is 5.11 Å². The summed E-state index contributed by atoms with van der Waals surface area (Å²) < 4.78 is 0. The lowest BCUT2D eigenvalue weighted by Gasteiger charge is -2.32. The summed E-state index contributed by atoms with van der Waals surface area (Å²) in [4.78, 5) is 0. The van der Waals surface area contributed by atoms with Crippen LogP contribution in [0.15, 0.2) is 48.5 Å². The van der Waals surface area contributed by atoms with Gasteiger partial charge in [0.15, 0.2) is 0 Å². The van der Waals surface area contributed by atoms with Crippen LogP contribution in [-0.2, 0) is 12.8 Å². The molecule has 0 saturated heterocycles. The van der Waals surface area contributed by atoms with E-state index in [1.165, 1.54) is 36.0 Å². The molecule has 0 saturated carbocycles. The Bertz CT molecular complexity index is 591. The Morgan fingerprint density at radius 3 is 2.67 bits per heavy atom. The minimum atomic E-state index is 0.336. The van der Waals surface area contributed by atoms with Crippen molar-refractivity contribution in [2.45, 2.75) is 37.6 Å². The van der Waals surface area contributed by atoms with Crippen molar-refractivity contribution in [3.8, 4) is 5.75 Å². The molecule has 1 aliphatic rings. The Labute approximate surface area is 126 Å². The van der Waals surface area contributed by atoms with Crippen LogP contribution in [0.3, 0.4) is 0 Å². The van der Waals surface area contributed by atoms with E-state index in [1.807, 2.05) is 12.1 Å². The Balaban J connectivity index is 1.82. The fraction of sp³-hybridized carbons (Fsp3) is 0.368. The first-order valence-electron chi connectivity index (χ1n) is 7.81. The number of hydrogen-bond acceptors (Lipinski definition) is 2. The second-order valence-electron chi connectivity index (χ2n) is 5.96. The fourth-order valence-corrected chi connectivity index (χ4v) is 3.54. The number of nitrogens with one attached hydrogen (secondary N) is 1. The predicted octanol–water partition coefficient (Wildman–Crippen LogP) is 3.64. The summed E-state index contributed by atoms with van der Waals surface area (Å²) >= 11 is 0. The Hall–Kier alpha value is -1.80. The topological polar surface area (TPSA) is 32.3 Å². The third-order valence-corrected chi connectivity index (χ3v) is 4.66. The molecule has 2 N–H and O–H groups in total. The SMILES string of the molecule is CNC(Cc1ccc(O)cc1)C1CCCc2ccccc21. The molecular weight excluding hydrogens is 258 g/mol. The van der Waals surface area contributed by atoms with Gasteiger partial charge in [0.25, 0.3) is 0 Å². The van der Waals surface area contributed by atoms with Gasteiger partial charge in [0.2, 0.25) is 0 Å². The summed E-state index contributed by atoms with van der Waals surface area (Å²) in [5.41, 5.74) is 4.30. The lowest BCUT2D eigenvalue weighted by Crippen LogP contribution is -2.36. The van der Waals surface area contributed by atoms with E-state index in [0.29, 0.717) is 17.7 Å². The van der Waals surface area contributed by atoms with Crippen molar-refractivity contribution in [3.05, 3.63) is 65.2 Å². The molecule has 1 aliphatic carbocycles. The second-order valence-corrected chi connectivity index (χ2v) is 5.96. The van der Waals surface area contributed by atoms with Crippen LogP contribution in [0.25, 0.3) is 0 Å². The zero-order valence-corrected chi connectivity index (χ0v) is 12.5. The molecule has 0 aromatic heterocycles. The highest BCUT2D eigenvalue weighted by Crippen LogP contribution is 2.35. The van der Waals surface area contributed by atoms with E-state index in [0.717, 1.165) is 6.42 Å². The van der Waals surface area contributed by atoms with Crippen LogP contribution in [-0.4, -0.2) is 18.2 Å². The number of rotatable bonds is 4. The van der Waals surface area contributed by atoms with E-state index >= 15 is 0 Å². The molecule has 2 aromatic carbocycles. The van der Waals surface area contributed by atoms with Crippen LogP contribution in [0.1, 0.15) is 35.4 Å². The van der Waals surface area contributed by atoms with Crippen LogP contribution < -0.4 is 5.32 Å². The minimum absolute atomic E-state index is 0.336. The zero-order chi connectivity index (χ0) is 14.7. The summed E-state index contributed by atoms with van der Waals surface area (Å²) in [7, 11) is 2.06. The van der Waals surface area contributed by atoms with Crippen molar-refractivity contribution in [2.24, 2.45) is 0 Å². The molecule has 2 atom stereocenters. The highest BCUT2D eigenvalue weighted by molar-refractivity contribution is 5.35. The number of likely N-dealkylation sites (N-methyl/N-ethyl adjacent to an activating group) is 1. The summed E-state index contributed by atoms with van der Waals surface area (Å²) in [6.07, 6.45) is 4.73. The highest BCUT2D eigenvalue weighted by atomic mass is 16.3. The molecule has 0 amide bonds. The van der Waals surface area contributed by atoms with E-state index in [2.05, 4.69) is 36.6 Å². The number of fused-ring (bicyclic) bond motifs is 1. The van der Waals surface area contributed by atoms with Crippen LogP contribution in [0.5, 0.6) is 5.75 Å². The fourth-order valence-electron chi connectivity index (χ4n) is 3.54. The molecule has 0 fully saturated rings. The molecule has 21 heavy (non-hydrogen) atoms. The van der Waals surface area contributed by atoms with Crippen LogP contribution in [0, 0.1) is 0 Å². The van der Waals surface area contributed by atoms with Gasteiger partial charge in [-0.15, -0.1) is 0 Å². The van der Waals surface area contributed by atoms with Crippen LogP contribution >= 0.6 is 0 Å². The Morgan fingerprint density at radius 2 is 1.90 bits per heavy atom. The maximum Gasteiger partial charge on any atom is 0.115 e. The van der Waals surface area contributed by atoms with Gasteiger partial charge in [-0.1, -0.05) is 36.4 Å². The van der Waals surface area contributed by atoms with Crippen LogP contribution in [0.4, 0.5) is 0 Å². The third-order valence-electron chi connectivity index (χ3n) is 4.66. The molecule has 2 heteroatoms. The Morgan fingerprint density at radius 1 is 1.14 bits per heavy atom. The number of aryl methyl sites for hydroxylation is 1. The average Bonchev–Trinajstić information content (AvgIpc) is 2.54. The molecule has 2 unspecified atom stereocenters. The molecule has 2 nitrogen and oxygen atoms in total. The third kappa shape index (κ3) is 3.11. The van der Waals surface area contributed by atoms with Gasteiger partial charge in [0.1, 0.15) is 5.75 Å². The maximum atomic E-state index is 9.41. The number of phenolic OH excluding ortho intramolecular Hbond substituents is 1. The van der Waals surface area contributed by atoms with Crippen molar-refractivity contribution in [3.63, 3.8) is 0 Å². The smallest absolute Gasteiger partial charge is 0.115 e. The number of aromatic hydroxyl groups is 1. The van der Waals surface area contributed by atoms with E-state index in [4.69, 9.17) is 0 Å². The number of hydrogen-bond donors (Lipinski definition) is 2. The van der Waals surface area contributed by atoms with Crippen molar-refractivity contribution in [1.82, 2.24) is 5.32 Å². The lowest BCUT2D eigenvalue weighted by atomic mass is 9.77. The van der Waals surface area contributed by atoms with Crippen molar-refractivity contribution >= 4 is 0 Å². The van der Waals surface area contributed by atoms with E-state index in [-0.39, 0.29) is 0 Å². The average molecular weight is 281 g/mol. The minimum Gasteiger partial charge on any atom is -0.508 e. The molecule has 0 radical (unpaired) electrons. The van der Waals surface area contributed by atoms with Gasteiger partial charge in [0.05, 0.1) is 0 Å². The van der Waals surface area contributed by atoms with Gasteiger partial charge in [-0.2, -0.15) is 0 Å². The van der Waals surface area contributed by atoms with Gasteiger partial charge in [-0.3, -0.25) is 0 Å². The monoisotopic (exact) mass is 281 g/mol. The zero-order valence-electron chi connectivity index (χ0n) is 12.5. The molecule has 2 aromatic rings. The van der Waals surface area contributed by atoms with Crippen LogP contribution in [0.2, 0.25) is 0 Å². The van der Waals surface area contributed by atoms with Gasteiger partial charge < -0.3 is 10.4 Å². The summed E-state index contributed by atoms with van der Waals surface area (Å²) in [6, 6.07) is 16.9. The van der Waals surface area contributed by atoms with Crippen molar-refractivity contribution in [2.75, 3.05) is 7.05 Å². The molecular formula is C19H23NO. The normalized spacial score (nSPS) is 19.0. The summed E-state index contributed by atoms with van der Waals surface area (Å²) in [5, 5.41) is 12.9. The quantitative estimate of drug-likeness (QED) is 0.896. The summed E-state index contributed by atoms with van der Waals surface area (Å²) in [5.74, 6) is 0.913. The van der Waals surface area contributed by atoms with Gasteiger partial charge in [-0.25, -0.2) is 0 Å². The molecule has 0 aliphatic heterocycles. The van der Waals surface area contributed by atoms with Gasteiger partial charge >= 0.3 is 0 Å². The molecule has 0 spiro atoms. The van der Waals surface area contributed by atoms with E-state index < -0.39 is 0 Å². The van der Waals surface area contributed by atoms with E-state index in [1.54, 1.807) is 12.1 Å². The first-order valence-corrected chi connectivity index (χ1v) is 7.81. The number of phenols is 1. The van der Waals surface area contributed by atoms with Crippen molar-refractivity contribution < 1.29 is 5.11 Å². The molecule has 0 heterocycles. The molecule has 110 valence electrons. The van der Waals surface area contributed by atoms with Gasteiger partial charge in [-0.05, 0) is 67.5 Å². The number of benzene rings is 2.